The van der Waals surface area contributed by atoms with Gasteiger partial charge in [-0.3, -0.25) is 13.9 Å². The van der Waals surface area contributed by atoms with Crippen molar-refractivity contribution in [1.29, 1.82) is 0 Å². The number of H-pyrrole nitrogens is 1. The zero-order valence-electron chi connectivity index (χ0n) is 11.6. The molecule has 0 radical (unpaired) electrons. The van der Waals surface area contributed by atoms with Crippen LogP contribution in [0, 0.1) is 5.92 Å². The molecule has 0 bridgehead atoms. The molecule has 0 spiro atoms. The van der Waals surface area contributed by atoms with E-state index < -0.39 is 0 Å². The van der Waals surface area contributed by atoms with Gasteiger partial charge in [0.25, 0.3) is 5.56 Å². The Morgan fingerprint density at radius 3 is 2.63 bits per heavy atom. The maximum atomic E-state index is 12.2. The summed E-state index contributed by atoms with van der Waals surface area (Å²) in [5, 5.41) is 2.96. The Morgan fingerprint density at radius 1 is 1.37 bits per heavy atom. The van der Waals surface area contributed by atoms with E-state index in [-0.39, 0.29) is 11.2 Å². The summed E-state index contributed by atoms with van der Waals surface area (Å²) in [7, 11) is 3.28. The predicted molar refractivity (Wildman–Crippen MR) is 73.2 cm³/mol. The van der Waals surface area contributed by atoms with Crippen molar-refractivity contribution in [1.82, 2.24) is 24.4 Å². The minimum absolute atomic E-state index is 0.294. The molecule has 7 heteroatoms. The smallest absolute Gasteiger partial charge is 0.332 e. The number of imidazole rings is 1. The molecule has 104 valence electrons. The lowest BCUT2D eigenvalue weighted by Crippen LogP contribution is -2.38. The molecule has 0 aliphatic carbocycles. The molecule has 0 aromatic carbocycles. The lowest BCUT2D eigenvalue weighted by molar-refractivity contribution is 0.500. The van der Waals surface area contributed by atoms with E-state index in [9.17, 15) is 9.59 Å². The Balaban J connectivity index is 2.77. The average Bonchev–Trinajstić information content (AvgIpc) is 2.76. The largest absolute Gasteiger partial charge is 0.335 e. The molecule has 0 saturated carbocycles. The number of fused-ring (bicyclic) bond motifs is 1. The summed E-state index contributed by atoms with van der Waals surface area (Å²) in [6.45, 7) is 5.09. The quantitative estimate of drug-likeness (QED) is 0.801. The fourth-order valence-corrected chi connectivity index (χ4v) is 2.06. The Labute approximate surface area is 110 Å². The first-order chi connectivity index (χ1) is 8.95. The molecule has 19 heavy (non-hydrogen) atoms. The van der Waals surface area contributed by atoms with Gasteiger partial charge in [-0.15, -0.1) is 0 Å². The van der Waals surface area contributed by atoms with Crippen molar-refractivity contribution in [3.63, 3.8) is 0 Å². The van der Waals surface area contributed by atoms with Crippen LogP contribution in [0.4, 0.5) is 0 Å². The number of rotatable bonds is 4. The van der Waals surface area contributed by atoms with Crippen molar-refractivity contribution in [3.05, 3.63) is 26.7 Å². The monoisotopic (exact) mass is 265 g/mol. The molecule has 2 aromatic heterocycles. The van der Waals surface area contributed by atoms with Crippen molar-refractivity contribution < 1.29 is 0 Å². The van der Waals surface area contributed by atoms with Crippen LogP contribution >= 0.6 is 0 Å². The van der Waals surface area contributed by atoms with Gasteiger partial charge in [0.1, 0.15) is 11.3 Å². The zero-order valence-corrected chi connectivity index (χ0v) is 11.6. The van der Waals surface area contributed by atoms with Crippen molar-refractivity contribution in [2.24, 2.45) is 13.0 Å². The molecule has 2 rings (SSSR count). The second-order valence-electron chi connectivity index (χ2n) is 5.06. The van der Waals surface area contributed by atoms with Crippen LogP contribution in [0.2, 0.25) is 0 Å². The highest BCUT2D eigenvalue weighted by Crippen LogP contribution is 2.07. The Bertz CT molecular complexity index is 707. The molecule has 7 nitrogen and oxygen atoms in total. The van der Waals surface area contributed by atoms with Gasteiger partial charge in [-0.1, -0.05) is 13.8 Å². The maximum Gasteiger partial charge on any atom is 0.332 e. The van der Waals surface area contributed by atoms with E-state index in [0.717, 1.165) is 4.57 Å². The summed E-state index contributed by atoms with van der Waals surface area (Å²) in [5.41, 5.74) is 0.156. The first-order valence-electron chi connectivity index (χ1n) is 6.28. The van der Waals surface area contributed by atoms with Crippen molar-refractivity contribution in [2.45, 2.75) is 26.9 Å². The molecule has 0 aliphatic heterocycles. The van der Waals surface area contributed by atoms with Gasteiger partial charge in [0.2, 0.25) is 0 Å². The fourth-order valence-electron chi connectivity index (χ4n) is 2.06. The van der Waals surface area contributed by atoms with Crippen molar-refractivity contribution >= 4 is 11.2 Å². The van der Waals surface area contributed by atoms with Crippen LogP contribution in [0.25, 0.3) is 11.2 Å². The summed E-state index contributed by atoms with van der Waals surface area (Å²) in [6, 6.07) is 0. The number of aromatic amines is 1. The summed E-state index contributed by atoms with van der Waals surface area (Å²) < 4.78 is 2.67. The van der Waals surface area contributed by atoms with Crippen LogP contribution in [0.1, 0.15) is 19.7 Å². The molecule has 0 fully saturated rings. The summed E-state index contributed by atoms with van der Waals surface area (Å²) in [4.78, 5) is 31.6. The van der Waals surface area contributed by atoms with Gasteiger partial charge in [-0.2, -0.15) is 0 Å². The van der Waals surface area contributed by atoms with Crippen LogP contribution in [-0.4, -0.2) is 26.1 Å². The van der Waals surface area contributed by atoms with Gasteiger partial charge in [-0.25, -0.2) is 9.78 Å². The fraction of sp³-hybridized carbons (Fsp3) is 0.583. The van der Waals surface area contributed by atoms with Crippen molar-refractivity contribution in [2.75, 3.05) is 7.05 Å². The van der Waals surface area contributed by atoms with E-state index >= 15 is 0 Å². The normalized spacial score (nSPS) is 11.6. The van der Waals surface area contributed by atoms with Gasteiger partial charge < -0.3 is 10.3 Å². The summed E-state index contributed by atoms with van der Waals surface area (Å²) >= 11 is 0. The highest BCUT2D eigenvalue weighted by Gasteiger charge is 2.15. The molecule has 0 saturated heterocycles. The summed E-state index contributed by atoms with van der Waals surface area (Å²) in [5.74, 6) is 0.945. The molecule has 2 aromatic rings. The van der Waals surface area contributed by atoms with E-state index in [1.54, 1.807) is 11.6 Å². The SMILES string of the molecule is CNCc1nc2c([nH]1)c(=O)n(C)c(=O)n2CC(C)C. The maximum absolute atomic E-state index is 12.2. The van der Waals surface area contributed by atoms with Gasteiger partial charge in [0.15, 0.2) is 5.65 Å². The van der Waals surface area contributed by atoms with Gasteiger partial charge >= 0.3 is 5.69 Å². The first kappa shape index (κ1) is 13.5. The van der Waals surface area contributed by atoms with E-state index in [0.29, 0.717) is 36.0 Å². The van der Waals surface area contributed by atoms with Crippen LogP contribution < -0.4 is 16.6 Å². The second-order valence-corrected chi connectivity index (χ2v) is 5.06. The van der Waals surface area contributed by atoms with Gasteiger partial charge in [-0.05, 0) is 13.0 Å². The number of hydrogen-bond acceptors (Lipinski definition) is 4. The van der Waals surface area contributed by atoms with E-state index in [4.69, 9.17) is 0 Å². The van der Waals surface area contributed by atoms with E-state index in [2.05, 4.69) is 15.3 Å². The molecule has 2 N–H and O–H groups in total. The number of hydrogen-bond donors (Lipinski definition) is 2. The highest BCUT2D eigenvalue weighted by molar-refractivity contribution is 5.69. The number of nitrogens with one attached hydrogen (secondary N) is 2. The predicted octanol–water partition coefficient (Wildman–Crippen LogP) is -0.201. The highest BCUT2D eigenvalue weighted by atomic mass is 16.2. The molecule has 0 amide bonds. The van der Waals surface area contributed by atoms with Crippen LogP contribution in [0.3, 0.4) is 0 Å². The lowest BCUT2D eigenvalue weighted by Gasteiger charge is -2.10. The van der Waals surface area contributed by atoms with Crippen LogP contribution in [0.5, 0.6) is 0 Å². The average molecular weight is 265 g/mol. The standard InChI is InChI=1S/C12H19N5O2/c1-7(2)6-17-10-9(11(18)16(4)12(17)19)14-8(15-10)5-13-3/h7,13H,5-6H2,1-4H3,(H,14,15). The third-order valence-electron chi connectivity index (χ3n) is 2.92. The molecule has 2 heterocycles. The molecular weight excluding hydrogens is 246 g/mol. The third kappa shape index (κ3) is 2.33. The second kappa shape index (κ2) is 5.00. The minimum atomic E-state index is -0.338. The molecule has 0 atom stereocenters. The first-order valence-corrected chi connectivity index (χ1v) is 6.28. The summed E-state index contributed by atoms with van der Waals surface area (Å²) in [6.07, 6.45) is 0. The Morgan fingerprint density at radius 2 is 2.05 bits per heavy atom. The molecule has 0 unspecified atom stereocenters. The van der Waals surface area contributed by atoms with Gasteiger partial charge in [0.05, 0.1) is 6.54 Å². The number of aromatic nitrogens is 4. The minimum Gasteiger partial charge on any atom is -0.335 e. The van der Waals surface area contributed by atoms with Crippen LogP contribution in [0.15, 0.2) is 9.59 Å². The zero-order chi connectivity index (χ0) is 14.2. The Kier molecular flexibility index (Phi) is 3.57. The van der Waals surface area contributed by atoms with Gasteiger partial charge in [0, 0.05) is 13.6 Å². The van der Waals surface area contributed by atoms with E-state index in [1.807, 2.05) is 13.8 Å². The van der Waals surface area contributed by atoms with E-state index in [1.165, 1.54) is 7.05 Å². The molecule has 0 aliphatic rings. The van der Waals surface area contributed by atoms with Crippen LogP contribution in [-0.2, 0) is 20.1 Å². The molecular formula is C12H19N5O2. The van der Waals surface area contributed by atoms with Crippen molar-refractivity contribution in [3.8, 4) is 0 Å². The lowest BCUT2D eigenvalue weighted by atomic mass is 10.2. The third-order valence-corrected chi connectivity index (χ3v) is 2.92. The number of nitrogens with zero attached hydrogens (tertiary/aromatic N) is 3. The topological polar surface area (TPSA) is 84.7 Å². The Hall–Kier alpha value is -1.89.